The van der Waals surface area contributed by atoms with E-state index in [1.54, 1.807) is 0 Å². The molecule has 0 amide bonds. The van der Waals surface area contributed by atoms with E-state index in [0.717, 1.165) is 44.5 Å². The van der Waals surface area contributed by atoms with Crippen LogP contribution in [0, 0.1) is 0 Å². The number of para-hydroxylation sites is 2. The largest absolute Gasteiger partial charge is 0.498 e. The third-order valence-electron chi connectivity index (χ3n) is 9.58. The molecule has 1 atom stereocenters. The molecule has 0 spiro atoms. The summed E-state index contributed by atoms with van der Waals surface area (Å²) in [7, 11) is 0. The second kappa shape index (κ2) is 10.2. The van der Waals surface area contributed by atoms with E-state index < -0.39 is 0 Å². The Bertz CT molecular complexity index is 2610. The minimum Gasteiger partial charge on any atom is -0.498 e. The van der Waals surface area contributed by atoms with Gasteiger partial charge < -0.3 is 9.30 Å². The van der Waals surface area contributed by atoms with E-state index in [9.17, 15) is 0 Å². The second-order valence-electron chi connectivity index (χ2n) is 12.2. The summed E-state index contributed by atoms with van der Waals surface area (Å²) in [6.07, 6.45) is 3.99. The number of ether oxygens (including phenoxy) is 1. The van der Waals surface area contributed by atoms with Gasteiger partial charge in [-0.3, -0.25) is 4.57 Å². The Morgan fingerprint density at radius 1 is 0.596 bits per heavy atom. The molecule has 0 fully saturated rings. The maximum Gasteiger partial charge on any atom is 0.231 e. The maximum atomic E-state index is 5.89. The lowest BCUT2D eigenvalue weighted by atomic mass is 9.94. The molecule has 5 heteroatoms. The Hall–Kier alpha value is -6.20. The first-order chi connectivity index (χ1) is 23.3. The number of hydrogen-bond donors (Lipinski definition) is 0. The van der Waals surface area contributed by atoms with Gasteiger partial charge in [-0.15, -0.1) is 0 Å². The zero-order valence-corrected chi connectivity index (χ0v) is 25.4. The van der Waals surface area contributed by atoms with Gasteiger partial charge >= 0.3 is 0 Å². The molecule has 4 heterocycles. The molecule has 2 aromatic heterocycles. The summed E-state index contributed by atoms with van der Waals surface area (Å²) < 4.78 is 10.4. The van der Waals surface area contributed by atoms with Crippen molar-refractivity contribution in [3.05, 3.63) is 163 Å². The van der Waals surface area contributed by atoms with Gasteiger partial charge in [0, 0.05) is 39.2 Å². The van der Waals surface area contributed by atoms with Crippen LogP contribution < -0.4 is 0 Å². The molecule has 0 aliphatic carbocycles. The summed E-state index contributed by atoms with van der Waals surface area (Å²) in [4.78, 5) is 10.6. The van der Waals surface area contributed by atoms with Crippen LogP contribution in [0.4, 0.5) is 0 Å². The highest BCUT2D eigenvalue weighted by atomic mass is 16.5. The highest BCUT2D eigenvalue weighted by Crippen LogP contribution is 2.37. The molecule has 2 aliphatic rings. The topological polar surface area (TPSA) is 43.8 Å². The van der Waals surface area contributed by atoms with E-state index in [1.807, 2.05) is 6.26 Å². The molecule has 5 nitrogen and oxygen atoms in total. The maximum absolute atomic E-state index is 5.89. The SMILES string of the molecule is C1=C2C(c3ccc(-c4cccc5ccccc45)cc3)=NC(n3c4ccccc4c4ccc5c(ccn5-c5ccccc5)c43)=NC2CO1. The number of fused-ring (bicyclic) bond motifs is 7. The van der Waals surface area contributed by atoms with Crippen molar-refractivity contribution in [2.75, 3.05) is 6.61 Å². The van der Waals surface area contributed by atoms with Crippen LogP contribution in [-0.2, 0) is 4.74 Å². The standard InChI is InChI=1S/C42H28N4O/c1-2-11-30(12-3-1)45-24-23-35-38(45)22-21-34-33-14-6-7-16-39(33)46(41(34)35)42-43-37-26-47-25-36(37)40(44-42)29-19-17-28(18-20-29)32-15-8-10-27-9-4-5-13-31(27)32/h1-25,37H,26H2. The number of nitrogens with zero attached hydrogens (tertiary/aromatic N) is 4. The third-order valence-corrected chi connectivity index (χ3v) is 9.58. The predicted molar refractivity (Wildman–Crippen MR) is 193 cm³/mol. The van der Waals surface area contributed by atoms with Gasteiger partial charge in [0.05, 0.1) is 28.5 Å². The molecule has 222 valence electrons. The third kappa shape index (κ3) is 3.96. The lowest BCUT2D eigenvalue weighted by molar-refractivity contribution is 0.270. The van der Waals surface area contributed by atoms with Gasteiger partial charge in [0.15, 0.2) is 0 Å². The van der Waals surface area contributed by atoms with Gasteiger partial charge in [0.25, 0.3) is 0 Å². The minimum atomic E-state index is -0.125. The molecule has 0 N–H and O–H groups in total. The highest BCUT2D eigenvalue weighted by molar-refractivity contribution is 6.25. The molecule has 47 heavy (non-hydrogen) atoms. The van der Waals surface area contributed by atoms with E-state index in [0.29, 0.717) is 12.6 Å². The van der Waals surface area contributed by atoms with Crippen molar-refractivity contribution in [3.8, 4) is 16.8 Å². The van der Waals surface area contributed by atoms with Crippen LogP contribution in [0.1, 0.15) is 5.56 Å². The summed E-state index contributed by atoms with van der Waals surface area (Å²) in [5.41, 5.74) is 9.84. The predicted octanol–water partition coefficient (Wildman–Crippen LogP) is 9.55. The van der Waals surface area contributed by atoms with Gasteiger partial charge in [-0.25, -0.2) is 9.98 Å². The van der Waals surface area contributed by atoms with Gasteiger partial charge in [-0.2, -0.15) is 0 Å². The van der Waals surface area contributed by atoms with Crippen molar-refractivity contribution in [3.63, 3.8) is 0 Å². The fourth-order valence-corrected chi connectivity index (χ4v) is 7.37. The smallest absolute Gasteiger partial charge is 0.231 e. The van der Waals surface area contributed by atoms with Gasteiger partial charge in [-0.05, 0) is 52.2 Å². The first-order valence-electron chi connectivity index (χ1n) is 16.0. The zero-order chi connectivity index (χ0) is 30.9. The first-order valence-corrected chi connectivity index (χ1v) is 16.0. The van der Waals surface area contributed by atoms with Crippen LogP contribution in [0.15, 0.2) is 168 Å². The quantitative estimate of drug-likeness (QED) is 0.198. The molecule has 8 aromatic rings. The van der Waals surface area contributed by atoms with E-state index in [2.05, 4.69) is 155 Å². The van der Waals surface area contributed by atoms with Gasteiger partial charge in [0.1, 0.15) is 12.6 Å². The van der Waals surface area contributed by atoms with Crippen molar-refractivity contribution >= 4 is 55.2 Å². The molecule has 10 rings (SSSR count). The fraction of sp³-hybridized carbons (Fsp3) is 0.0476. The minimum absolute atomic E-state index is 0.125. The van der Waals surface area contributed by atoms with Crippen molar-refractivity contribution in [1.29, 1.82) is 0 Å². The lowest BCUT2D eigenvalue weighted by Crippen LogP contribution is -2.27. The Balaban J connectivity index is 1.15. The number of rotatable bonds is 3. The first kappa shape index (κ1) is 26.1. The molecule has 0 bridgehead atoms. The van der Waals surface area contributed by atoms with Gasteiger partial charge in [-0.1, -0.05) is 109 Å². The van der Waals surface area contributed by atoms with Crippen molar-refractivity contribution in [2.24, 2.45) is 9.98 Å². The Kier molecular flexibility index (Phi) is 5.63. The van der Waals surface area contributed by atoms with Crippen LogP contribution in [0.2, 0.25) is 0 Å². The molecule has 1 unspecified atom stereocenters. The summed E-state index contributed by atoms with van der Waals surface area (Å²) in [5, 5.41) is 6.01. The zero-order valence-electron chi connectivity index (χ0n) is 25.4. The fourth-order valence-electron chi connectivity index (χ4n) is 7.37. The van der Waals surface area contributed by atoms with Crippen LogP contribution in [0.5, 0.6) is 0 Å². The number of aromatic nitrogens is 2. The monoisotopic (exact) mass is 604 g/mol. The number of hydrogen-bond acceptors (Lipinski definition) is 3. The summed E-state index contributed by atoms with van der Waals surface area (Å²) in [6, 6.07) is 49.4. The average Bonchev–Trinajstić information content (AvgIpc) is 3.87. The molecule has 0 radical (unpaired) electrons. The van der Waals surface area contributed by atoms with Crippen LogP contribution >= 0.6 is 0 Å². The Morgan fingerprint density at radius 3 is 2.26 bits per heavy atom. The molecular formula is C42H28N4O. The highest BCUT2D eigenvalue weighted by Gasteiger charge is 2.32. The van der Waals surface area contributed by atoms with Crippen molar-refractivity contribution < 1.29 is 4.74 Å². The normalized spacial score (nSPS) is 15.9. The van der Waals surface area contributed by atoms with E-state index in [-0.39, 0.29) is 6.04 Å². The molecule has 0 saturated heterocycles. The second-order valence-corrected chi connectivity index (χ2v) is 12.2. The van der Waals surface area contributed by atoms with E-state index >= 15 is 0 Å². The average molecular weight is 605 g/mol. The Morgan fingerprint density at radius 2 is 1.36 bits per heavy atom. The Labute approximate surface area is 271 Å². The van der Waals surface area contributed by atoms with Gasteiger partial charge in [0.2, 0.25) is 5.96 Å². The summed E-state index contributed by atoms with van der Waals surface area (Å²) >= 11 is 0. The molecule has 6 aromatic carbocycles. The van der Waals surface area contributed by atoms with E-state index in [4.69, 9.17) is 14.7 Å². The van der Waals surface area contributed by atoms with Crippen molar-refractivity contribution in [1.82, 2.24) is 9.13 Å². The van der Waals surface area contributed by atoms with E-state index in [1.165, 1.54) is 32.7 Å². The lowest BCUT2D eigenvalue weighted by Gasteiger charge is -2.20. The number of benzene rings is 6. The van der Waals surface area contributed by atoms with Crippen LogP contribution in [0.3, 0.4) is 0 Å². The number of aliphatic imine (C=N–C) groups is 2. The molecule has 0 saturated carbocycles. The van der Waals surface area contributed by atoms with Crippen molar-refractivity contribution in [2.45, 2.75) is 6.04 Å². The molecular weight excluding hydrogens is 576 g/mol. The summed E-state index contributed by atoms with van der Waals surface area (Å²) in [5.74, 6) is 0.678. The van der Waals surface area contributed by atoms with Crippen LogP contribution in [-0.4, -0.2) is 33.5 Å². The van der Waals surface area contributed by atoms with Crippen LogP contribution in [0.25, 0.3) is 60.3 Å². The molecule has 2 aliphatic heterocycles. The summed E-state index contributed by atoms with van der Waals surface area (Å²) in [6.45, 7) is 0.503.